The summed E-state index contributed by atoms with van der Waals surface area (Å²) in [5.41, 5.74) is 7.22. The molecule has 1 aliphatic rings. The quantitative estimate of drug-likeness (QED) is 0.0529. The molecule has 0 unspecified atom stereocenters. The average Bonchev–Trinajstić information content (AvgIpc) is 3.17. The summed E-state index contributed by atoms with van der Waals surface area (Å²) >= 11 is 0. The summed E-state index contributed by atoms with van der Waals surface area (Å²) in [6, 6.07) is 33.2. The fraction of sp³-hybridized carbons (Fsp3) is 0.333. The fourth-order valence-electron chi connectivity index (χ4n) is 7.05. The molecule has 1 aliphatic carbocycles. The van der Waals surface area contributed by atoms with Gasteiger partial charge in [0.25, 0.3) is 0 Å². The highest BCUT2D eigenvalue weighted by molar-refractivity contribution is 5.90. The normalized spacial score (nSPS) is 14.1. The predicted molar refractivity (Wildman–Crippen MR) is 203 cm³/mol. The number of aliphatic hydroxyl groups is 2. The molecule has 0 aromatic heterocycles. The summed E-state index contributed by atoms with van der Waals surface area (Å²) in [5.74, 6) is 0.0531. The van der Waals surface area contributed by atoms with Gasteiger partial charge in [0, 0.05) is 5.41 Å². The van der Waals surface area contributed by atoms with E-state index in [2.05, 4.69) is 68.6 Å². The zero-order valence-corrected chi connectivity index (χ0v) is 29.7. The highest BCUT2D eigenvalue weighted by atomic mass is 16.5. The van der Waals surface area contributed by atoms with Crippen LogP contribution in [0.2, 0.25) is 0 Å². The third kappa shape index (κ3) is 9.72. The van der Waals surface area contributed by atoms with Gasteiger partial charge in [-0.25, -0.2) is 9.59 Å². The van der Waals surface area contributed by atoms with E-state index in [1.165, 1.54) is 41.5 Å². The molecule has 0 radical (unpaired) electrons. The first-order valence-electron chi connectivity index (χ1n) is 18.2. The lowest BCUT2D eigenvalue weighted by Gasteiger charge is -2.41. The van der Waals surface area contributed by atoms with Crippen LogP contribution >= 0.6 is 0 Å². The molecule has 0 aliphatic heterocycles. The zero-order valence-electron chi connectivity index (χ0n) is 29.7. The molecule has 51 heavy (non-hydrogen) atoms. The van der Waals surface area contributed by atoms with Gasteiger partial charge in [0.2, 0.25) is 0 Å². The van der Waals surface area contributed by atoms with E-state index < -0.39 is 25.2 Å². The number of benzene rings is 4. The summed E-state index contributed by atoms with van der Waals surface area (Å²) in [5, 5.41) is 18.5. The monoisotopic (exact) mass is 686 g/mol. The number of esters is 2. The molecular formula is C45H50O6. The molecule has 4 aromatic carbocycles. The molecule has 5 rings (SSSR count). The highest BCUT2D eigenvalue weighted by Crippen LogP contribution is 2.48. The van der Waals surface area contributed by atoms with E-state index in [-0.39, 0.29) is 16.6 Å². The van der Waals surface area contributed by atoms with Gasteiger partial charge >= 0.3 is 11.9 Å². The molecule has 1 fully saturated rings. The van der Waals surface area contributed by atoms with E-state index in [4.69, 9.17) is 9.47 Å². The van der Waals surface area contributed by atoms with Gasteiger partial charge < -0.3 is 19.7 Å². The van der Waals surface area contributed by atoms with Crippen LogP contribution in [-0.2, 0) is 27.8 Å². The summed E-state index contributed by atoms with van der Waals surface area (Å²) in [4.78, 5) is 24.4. The van der Waals surface area contributed by atoms with E-state index in [0.717, 1.165) is 56.1 Å². The standard InChI is InChI=1S/C45H50O6/c1-4-5-6-7-34-10-14-37(15-11-34)38-16-12-35(13-17-38)8-9-36-26-28-45(29-27-36,39-18-22-41(23-19-39)50-43(48)32(2)30-46)40-20-24-42(25-21-40)51-44(49)33(3)31-47/h10-25,36,46-47H,2-9,26-31H2,1H3. The molecule has 6 nitrogen and oxygen atoms in total. The zero-order chi connectivity index (χ0) is 36.2. The molecule has 0 atom stereocenters. The Bertz CT molecular complexity index is 1690. The molecule has 266 valence electrons. The number of aliphatic hydroxyl groups excluding tert-OH is 2. The second-order valence-corrected chi connectivity index (χ2v) is 13.8. The van der Waals surface area contributed by atoms with Crippen molar-refractivity contribution in [2.75, 3.05) is 13.2 Å². The van der Waals surface area contributed by atoms with Crippen LogP contribution in [0.25, 0.3) is 11.1 Å². The average molecular weight is 687 g/mol. The SMILES string of the molecule is C=C(CO)C(=O)Oc1ccc(C2(c3ccc(OC(=O)C(=C)CO)cc3)CCC(CCc3ccc(-c4ccc(CCCCC)cc4)cc3)CC2)cc1. The van der Waals surface area contributed by atoms with Gasteiger partial charge in [-0.3, -0.25) is 0 Å². The third-order valence-corrected chi connectivity index (χ3v) is 10.3. The number of ether oxygens (including phenoxy) is 2. The number of carbonyl (C=O) groups excluding carboxylic acids is 2. The van der Waals surface area contributed by atoms with Crippen LogP contribution in [0.1, 0.15) is 80.5 Å². The van der Waals surface area contributed by atoms with Gasteiger partial charge in [-0.2, -0.15) is 0 Å². The number of rotatable bonds is 16. The lowest BCUT2D eigenvalue weighted by Crippen LogP contribution is -2.33. The topological polar surface area (TPSA) is 93.1 Å². The molecular weight excluding hydrogens is 636 g/mol. The maximum absolute atomic E-state index is 12.2. The minimum atomic E-state index is -0.657. The van der Waals surface area contributed by atoms with Crippen LogP contribution in [0.15, 0.2) is 121 Å². The van der Waals surface area contributed by atoms with Gasteiger partial charge in [0.15, 0.2) is 0 Å². The third-order valence-electron chi connectivity index (χ3n) is 10.3. The van der Waals surface area contributed by atoms with Crippen molar-refractivity contribution < 1.29 is 29.3 Å². The number of aryl methyl sites for hydroxylation is 2. The van der Waals surface area contributed by atoms with Crippen LogP contribution in [0.3, 0.4) is 0 Å². The van der Waals surface area contributed by atoms with Crippen molar-refractivity contribution in [2.45, 2.75) is 76.5 Å². The van der Waals surface area contributed by atoms with Crippen molar-refractivity contribution in [3.63, 3.8) is 0 Å². The van der Waals surface area contributed by atoms with Gasteiger partial charge in [0.1, 0.15) is 11.5 Å². The van der Waals surface area contributed by atoms with Crippen molar-refractivity contribution >= 4 is 11.9 Å². The molecule has 0 saturated heterocycles. The van der Waals surface area contributed by atoms with Crippen LogP contribution in [0.5, 0.6) is 11.5 Å². The lowest BCUT2D eigenvalue weighted by molar-refractivity contribution is -0.131. The number of hydrogen-bond acceptors (Lipinski definition) is 6. The summed E-state index contributed by atoms with van der Waals surface area (Å²) in [6.45, 7) is 8.42. The van der Waals surface area contributed by atoms with E-state index >= 15 is 0 Å². The van der Waals surface area contributed by atoms with Crippen molar-refractivity contribution in [1.29, 1.82) is 0 Å². The Kier molecular flexibility index (Phi) is 13.2. The Morgan fingerprint density at radius 2 is 1.08 bits per heavy atom. The summed E-state index contributed by atoms with van der Waals surface area (Å²) in [6.07, 6.45) is 11.1. The number of carbonyl (C=O) groups is 2. The minimum absolute atomic E-state index is 0.00374. The van der Waals surface area contributed by atoms with E-state index in [1.807, 2.05) is 24.3 Å². The van der Waals surface area contributed by atoms with Crippen LogP contribution in [-0.4, -0.2) is 35.4 Å². The molecule has 4 aromatic rings. The summed E-state index contributed by atoms with van der Waals surface area (Å²) < 4.78 is 10.8. The van der Waals surface area contributed by atoms with Crippen molar-refractivity contribution in [3.8, 4) is 22.6 Å². The first-order valence-corrected chi connectivity index (χ1v) is 18.2. The van der Waals surface area contributed by atoms with Crippen LogP contribution < -0.4 is 9.47 Å². The second kappa shape index (κ2) is 17.9. The molecule has 0 heterocycles. The van der Waals surface area contributed by atoms with Gasteiger partial charge in [-0.15, -0.1) is 0 Å². The van der Waals surface area contributed by atoms with Crippen molar-refractivity contribution in [3.05, 3.63) is 144 Å². The van der Waals surface area contributed by atoms with Crippen LogP contribution in [0.4, 0.5) is 0 Å². The molecule has 0 bridgehead atoms. The Balaban J connectivity index is 1.25. The first-order chi connectivity index (χ1) is 24.7. The Morgan fingerprint density at radius 1 is 0.647 bits per heavy atom. The lowest BCUT2D eigenvalue weighted by atomic mass is 9.62. The molecule has 2 N–H and O–H groups in total. The predicted octanol–water partition coefficient (Wildman–Crippen LogP) is 9.10. The first kappa shape index (κ1) is 37.5. The Morgan fingerprint density at radius 3 is 1.49 bits per heavy atom. The smallest absolute Gasteiger partial charge is 0.341 e. The minimum Gasteiger partial charge on any atom is -0.423 e. The second-order valence-electron chi connectivity index (χ2n) is 13.8. The molecule has 0 amide bonds. The molecule has 0 spiro atoms. The fourth-order valence-corrected chi connectivity index (χ4v) is 7.05. The summed E-state index contributed by atoms with van der Waals surface area (Å²) in [7, 11) is 0. The van der Waals surface area contributed by atoms with Crippen LogP contribution in [0, 0.1) is 5.92 Å². The Hall–Kier alpha value is -4.78. The maximum Gasteiger partial charge on any atom is 0.341 e. The van der Waals surface area contributed by atoms with Gasteiger partial charge in [0.05, 0.1) is 24.4 Å². The largest absolute Gasteiger partial charge is 0.423 e. The van der Waals surface area contributed by atoms with E-state index in [9.17, 15) is 19.8 Å². The van der Waals surface area contributed by atoms with Crippen molar-refractivity contribution in [2.24, 2.45) is 5.92 Å². The van der Waals surface area contributed by atoms with Crippen molar-refractivity contribution in [1.82, 2.24) is 0 Å². The Labute approximate surface area is 302 Å². The van der Waals surface area contributed by atoms with E-state index in [0.29, 0.717) is 17.4 Å². The van der Waals surface area contributed by atoms with E-state index in [1.54, 1.807) is 24.3 Å². The van der Waals surface area contributed by atoms with Gasteiger partial charge in [-0.05, 0) is 115 Å². The number of unbranched alkanes of at least 4 members (excludes halogenated alkanes) is 2. The molecule has 6 heteroatoms. The molecule has 1 saturated carbocycles. The maximum atomic E-state index is 12.2. The number of hydrogen-bond donors (Lipinski definition) is 2. The highest BCUT2D eigenvalue weighted by Gasteiger charge is 2.38. The van der Waals surface area contributed by atoms with Gasteiger partial charge in [-0.1, -0.05) is 106 Å².